The highest BCUT2D eigenvalue weighted by atomic mass is 127. The molecule has 0 N–H and O–H groups in total. The molecule has 6 rings (SSSR count). The summed E-state index contributed by atoms with van der Waals surface area (Å²) >= 11 is 2.14. The second-order valence-electron chi connectivity index (χ2n) is 7.28. The van der Waals surface area contributed by atoms with Gasteiger partial charge in [-0.15, -0.1) is 0 Å². The summed E-state index contributed by atoms with van der Waals surface area (Å²) in [6.07, 6.45) is 0. The Morgan fingerprint density at radius 1 is 0.724 bits per heavy atom. The van der Waals surface area contributed by atoms with Crippen molar-refractivity contribution in [1.82, 2.24) is 0 Å². The minimum Gasteiger partial charge on any atom is -0.456 e. The topological polar surface area (TPSA) is 60.4 Å². The largest absolute Gasteiger partial charge is 0.456 e. The van der Waals surface area contributed by atoms with Crippen molar-refractivity contribution in [3.63, 3.8) is 0 Å². The first-order valence-electron chi connectivity index (χ1n) is 9.10. The number of carbonyl (C=O) groups excluding carboxylic acids is 3. The Bertz CT molecular complexity index is 1310. The summed E-state index contributed by atoms with van der Waals surface area (Å²) in [4.78, 5) is 41.1. The van der Waals surface area contributed by atoms with Crippen molar-refractivity contribution in [3.8, 4) is 5.75 Å². The number of hydrogen-bond donors (Lipinski definition) is 0. The van der Waals surface area contributed by atoms with Gasteiger partial charge >= 0.3 is 0 Å². The number of fused-ring (bicyclic) bond motifs is 6. The number of halogens is 1. The van der Waals surface area contributed by atoms with Crippen LogP contribution in [0.15, 0.2) is 72.3 Å². The van der Waals surface area contributed by atoms with Crippen molar-refractivity contribution in [3.05, 3.63) is 104 Å². The van der Waals surface area contributed by atoms with Gasteiger partial charge in [0.2, 0.25) is 0 Å². The van der Waals surface area contributed by atoms with Crippen LogP contribution >= 0.6 is 22.6 Å². The maximum Gasteiger partial charge on any atom is 0.195 e. The molecule has 5 heteroatoms. The van der Waals surface area contributed by atoms with Crippen LogP contribution in [0.3, 0.4) is 0 Å². The smallest absolute Gasteiger partial charge is 0.195 e. The normalized spacial score (nSPS) is 17.8. The van der Waals surface area contributed by atoms with Gasteiger partial charge in [0.15, 0.2) is 22.8 Å². The molecule has 0 amide bonds. The van der Waals surface area contributed by atoms with Gasteiger partial charge in [0, 0.05) is 31.4 Å². The van der Waals surface area contributed by atoms with Crippen LogP contribution < -0.4 is 4.74 Å². The summed E-state index contributed by atoms with van der Waals surface area (Å²) in [5.74, 6) is -0.303. The second kappa shape index (κ2) is 5.51. The van der Waals surface area contributed by atoms with Gasteiger partial charge in [-0.25, -0.2) is 0 Å². The zero-order valence-corrected chi connectivity index (χ0v) is 17.0. The first-order chi connectivity index (χ1) is 14.0. The fourth-order valence-corrected chi connectivity index (χ4v) is 5.18. The van der Waals surface area contributed by atoms with Crippen molar-refractivity contribution >= 4 is 45.7 Å². The number of Topliss-reactive ketones (excluding diaryl/α,β-unsaturated/α-hetero) is 3. The fraction of sp³-hybridized carbons (Fsp3) is 0.0417. The summed E-state index contributed by atoms with van der Waals surface area (Å²) < 4.78 is 7.00. The molecule has 0 fully saturated rings. The molecule has 0 atom stereocenters. The van der Waals surface area contributed by atoms with Gasteiger partial charge in [0.25, 0.3) is 0 Å². The average Bonchev–Trinajstić information content (AvgIpc) is 3.15. The summed E-state index contributed by atoms with van der Waals surface area (Å²) in [6, 6.07) is 19.3. The van der Waals surface area contributed by atoms with Crippen LogP contribution in [-0.2, 0) is 5.41 Å². The molecule has 0 bridgehead atoms. The maximum atomic E-state index is 13.8. The Labute approximate surface area is 179 Å². The average molecular weight is 490 g/mol. The Morgan fingerprint density at radius 2 is 1.31 bits per heavy atom. The van der Waals surface area contributed by atoms with E-state index in [1.807, 2.05) is 12.1 Å². The first kappa shape index (κ1) is 16.9. The Morgan fingerprint density at radius 3 is 1.97 bits per heavy atom. The summed E-state index contributed by atoms with van der Waals surface area (Å²) in [5, 5.41) is 0. The van der Waals surface area contributed by atoms with E-state index in [4.69, 9.17) is 4.74 Å². The van der Waals surface area contributed by atoms with E-state index in [9.17, 15) is 14.4 Å². The van der Waals surface area contributed by atoms with Crippen molar-refractivity contribution in [2.24, 2.45) is 0 Å². The molecule has 2 aliphatic carbocycles. The summed E-state index contributed by atoms with van der Waals surface area (Å²) in [7, 11) is 0. The molecule has 1 aliphatic heterocycles. The van der Waals surface area contributed by atoms with Crippen molar-refractivity contribution in [2.75, 3.05) is 0 Å². The van der Waals surface area contributed by atoms with Crippen molar-refractivity contribution in [1.29, 1.82) is 0 Å². The van der Waals surface area contributed by atoms with Crippen LogP contribution in [0.2, 0.25) is 0 Å². The van der Waals surface area contributed by atoms with Gasteiger partial charge in [-0.05, 0) is 40.8 Å². The number of allylic oxidation sites excluding steroid dienone is 1. The molecular formula is C24H11IO4. The van der Waals surface area contributed by atoms with Crippen LogP contribution in [0.25, 0.3) is 5.76 Å². The minimum atomic E-state index is -1.70. The molecule has 29 heavy (non-hydrogen) atoms. The number of rotatable bonds is 0. The quantitative estimate of drug-likeness (QED) is 0.341. The molecule has 1 heterocycles. The third-order valence-corrected chi connectivity index (χ3v) is 6.57. The first-order valence-corrected chi connectivity index (χ1v) is 10.2. The molecule has 0 saturated heterocycles. The van der Waals surface area contributed by atoms with Crippen LogP contribution in [0, 0.1) is 3.57 Å². The van der Waals surface area contributed by atoms with Crippen molar-refractivity contribution < 1.29 is 19.1 Å². The molecule has 0 aromatic heterocycles. The molecule has 3 aromatic rings. The molecule has 138 valence electrons. The molecule has 4 nitrogen and oxygen atoms in total. The Balaban J connectivity index is 1.76. The van der Waals surface area contributed by atoms with Gasteiger partial charge in [-0.3, -0.25) is 14.4 Å². The van der Waals surface area contributed by atoms with E-state index in [-0.39, 0.29) is 22.9 Å². The lowest BCUT2D eigenvalue weighted by Crippen LogP contribution is -2.45. The van der Waals surface area contributed by atoms with E-state index < -0.39 is 5.41 Å². The monoisotopic (exact) mass is 490 g/mol. The highest BCUT2D eigenvalue weighted by Crippen LogP contribution is 2.56. The van der Waals surface area contributed by atoms with Gasteiger partial charge in [-0.1, -0.05) is 48.5 Å². The standard InChI is InChI=1S/C24H11IO4/c25-12-9-10-18-17(11-12)24(22(27)15-7-3-4-8-16(15)23(24)28)19-20(26)13-5-1-2-6-14(13)21(19)29-18/h1-11H. The summed E-state index contributed by atoms with van der Waals surface area (Å²) in [5.41, 5.74) is 0.641. The maximum absolute atomic E-state index is 13.8. The Kier molecular flexibility index (Phi) is 3.20. The predicted molar refractivity (Wildman–Crippen MR) is 114 cm³/mol. The summed E-state index contributed by atoms with van der Waals surface area (Å²) in [6.45, 7) is 0. The molecule has 0 saturated carbocycles. The third-order valence-electron chi connectivity index (χ3n) is 5.90. The zero-order valence-electron chi connectivity index (χ0n) is 14.9. The number of carbonyl (C=O) groups is 3. The highest BCUT2D eigenvalue weighted by Gasteiger charge is 2.63. The fourth-order valence-electron chi connectivity index (χ4n) is 4.68. The number of benzene rings is 3. The molecule has 3 aromatic carbocycles. The molecular weight excluding hydrogens is 479 g/mol. The number of ketones is 3. The molecule has 1 spiro atoms. The van der Waals surface area contributed by atoms with Crippen LogP contribution in [0.1, 0.15) is 42.2 Å². The lowest BCUT2D eigenvalue weighted by atomic mass is 9.67. The van der Waals surface area contributed by atoms with Crippen LogP contribution in [-0.4, -0.2) is 17.3 Å². The van der Waals surface area contributed by atoms with E-state index in [1.54, 1.807) is 54.6 Å². The van der Waals surface area contributed by atoms with Gasteiger partial charge in [0.1, 0.15) is 11.5 Å². The lowest BCUT2D eigenvalue weighted by molar-refractivity contribution is 0.0794. The van der Waals surface area contributed by atoms with Crippen molar-refractivity contribution in [2.45, 2.75) is 5.41 Å². The molecule has 0 unspecified atom stereocenters. The molecule has 3 aliphatic rings. The highest BCUT2D eigenvalue weighted by molar-refractivity contribution is 14.1. The SMILES string of the molecule is O=C1C2=C(Oc3ccc(I)cc3C23C(=O)c2ccccc2C3=O)c2ccccc21. The number of ether oxygens (including phenoxy) is 1. The second-order valence-corrected chi connectivity index (χ2v) is 8.52. The van der Waals surface area contributed by atoms with E-state index >= 15 is 0 Å². The van der Waals surface area contributed by atoms with Gasteiger partial charge in [0.05, 0.1) is 5.57 Å². The van der Waals surface area contributed by atoms with Crippen LogP contribution in [0.4, 0.5) is 0 Å². The third kappa shape index (κ3) is 1.86. The van der Waals surface area contributed by atoms with Gasteiger partial charge < -0.3 is 4.74 Å². The van der Waals surface area contributed by atoms with E-state index in [1.165, 1.54) is 0 Å². The zero-order chi connectivity index (χ0) is 19.9. The minimum absolute atomic E-state index is 0.138. The van der Waals surface area contributed by atoms with Crippen LogP contribution in [0.5, 0.6) is 5.75 Å². The Hall–Kier alpha value is -3.06. The van der Waals surface area contributed by atoms with E-state index in [2.05, 4.69) is 22.6 Å². The predicted octanol–water partition coefficient (Wildman–Crippen LogP) is 4.61. The lowest BCUT2D eigenvalue weighted by Gasteiger charge is -2.33. The van der Waals surface area contributed by atoms with E-state index in [0.717, 1.165) is 3.57 Å². The van der Waals surface area contributed by atoms with Gasteiger partial charge in [-0.2, -0.15) is 0 Å². The number of hydrogen-bond acceptors (Lipinski definition) is 4. The molecule has 0 radical (unpaired) electrons. The van der Waals surface area contributed by atoms with E-state index in [0.29, 0.717) is 39.3 Å².